The largest absolute Gasteiger partial charge is 0.472 e. The van der Waals surface area contributed by atoms with Crippen molar-refractivity contribution in [2.45, 2.75) is 6.92 Å². The lowest BCUT2D eigenvalue weighted by atomic mass is 10.4. The van der Waals surface area contributed by atoms with Crippen LogP contribution >= 0.6 is 0 Å². The highest BCUT2D eigenvalue weighted by Gasteiger charge is 1.92. The fourth-order valence-corrected chi connectivity index (χ4v) is 0.714. The Morgan fingerprint density at radius 2 is 2.62 bits per heavy atom. The molecular weight excluding hydrogens is 170 g/mol. The molecule has 5 heteroatoms. The first kappa shape index (κ1) is 9.31. The quantitative estimate of drug-likeness (QED) is 0.538. The SMILES string of the molecule is CCNC(=O)N/N=C/c1ccoc1. The summed E-state index contributed by atoms with van der Waals surface area (Å²) in [5.41, 5.74) is 3.10. The summed E-state index contributed by atoms with van der Waals surface area (Å²) >= 11 is 0. The van der Waals surface area contributed by atoms with Crippen LogP contribution in [0.15, 0.2) is 28.1 Å². The number of urea groups is 1. The minimum atomic E-state index is -0.317. The molecule has 70 valence electrons. The third kappa shape index (κ3) is 3.42. The Labute approximate surface area is 75.8 Å². The number of rotatable bonds is 3. The number of nitrogens with zero attached hydrogens (tertiary/aromatic N) is 1. The van der Waals surface area contributed by atoms with Gasteiger partial charge < -0.3 is 9.73 Å². The molecule has 0 bridgehead atoms. The summed E-state index contributed by atoms with van der Waals surface area (Å²) in [6.45, 7) is 2.41. The average Bonchev–Trinajstić information content (AvgIpc) is 2.57. The minimum Gasteiger partial charge on any atom is -0.472 e. The lowest BCUT2D eigenvalue weighted by Crippen LogP contribution is -2.31. The van der Waals surface area contributed by atoms with Gasteiger partial charge in [-0.05, 0) is 13.0 Å². The topological polar surface area (TPSA) is 66.6 Å². The predicted molar refractivity (Wildman–Crippen MR) is 48.5 cm³/mol. The first-order valence-corrected chi connectivity index (χ1v) is 3.92. The van der Waals surface area contributed by atoms with E-state index in [2.05, 4.69) is 15.8 Å². The van der Waals surface area contributed by atoms with E-state index in [1.165, 1.54) is 18.7 Å². The summed E-state index contributed by atoms with van der Waals surface area (Å²) in [6.07, 6.45) is 4.56. The minimum absolute atomic E-state index is 0.317. The molecule has 0 saturated carbocycles. The molecule has 0 saturated heterocycles. The highest BCUT2D eigenvalue weighted by Crippen LogP contribution is 1.94. The van der Waals surface area contributed by atoms with E-state index in [0.717, 1.165) is 5.56 Å². The van der Waals surface area contributed by atoms with Crippen LogP contribution in [-0.2, 0) is 0 Å². The smallest absolute Gasteiger partial charge is 0.335 e. The zero-order chi connectivity index (χ0) is 9.52. The molecule has 0 spiro atoms. The van der Waals surface area contributed by atoms with E-state index in [1.54, 1.807) is 6.07 Å². The van der Waals surface area contributed by atoms with Crippen LogP contribution in [0, 0.1) is 0 Å². The molecule has 1 rings (SSSR count). The lowest BCUT2D eigenvalue weighted by Gasteiger charge is -1.97. The van der Waals surface area contributed by atoms with E-state index < -0.39 is 0 Å². The molecule has 0 fully saturated rings. The van der Waals surface area contributed by atoms with Crippen molar-refractivity contribution < 1.29 is 9.21 Å². The molecule has 1 aromatic heterocycles. The molecule has 1 aromatic rings. The van der Waals surface area contributed by atoms with E-state index in [-0.39, 0.29) is 6.03 Å². The Bertz CT molecular complexity index is 280. The van der Waals surface area contributed by atoms with Crippen molar-refractivity contribution in [3.8, 4) is 0 Å². The van der Waals surface area contributed by atoms with Gasteiger partial charge in [-0.1, -0.05) is 0 Å². The van der Waals surface area contributed by atoms with Crippen LogP contribution in [0.5, 0.6) is 0 Å². The van der Waals surface area contributed by atoms with Gasteiger partial charge in [-0.3, -0.25) is 0 Å². The number of hydrazone groups is 1. The molecule has 0 radical (unpaired) electrons. The van der Waals surface area contributed by atoms with Crippen molar-refractivity contribution in [1.29, 1.82) is 0 Å². The van der Waals surface area contributed by atoms with Gasteiger partial charge in [0.25, 0.3) is 0 Å². The van der Waals surface area contributed by atoms with Crippen LogP contribution in [0.3, 0.4) is 0 Å². The Morgan fingerprint density at radius 1 is 1.77 bits per heavy atom. The molecule has 0 aliphatic carbocycles. The summed E-state index contributed by atoms with van der Waals surface area (Å²) in [6, 6.07) is 1.42. The van der Waals surface area contributed by atoms with Gasteiger partial charge in [0.1, 0.15) is 0 Å². The number of carbonyl (C=O) groups excluding carboxylic acids is 1. The summed E-state index contributed by atoms with van der Waals surface area (Å²) in [7, 11) is 0. The maximum Gasteiger partial charge on any atom is 0.335 e. The molecule has 0 aliphatic heterocycles. The molecule has 0 aromatic carbocycles. The van der Waals surface area contributed by atoms with Crippen LogP contribution in [0.4, 0.5) is 4.79 Å². The molecule has 2 N–H and O–H groups in total. The van der Waals surface area contributed by atoms with Crippen LogP contribution in [0.1, 0.15) is 12.5 Å². The summed E-state index contributed by atoms with van der Waals surface area (Å²) < 4.78 is 4.80. The maximum absolute atomic E-state index is 10.8. The van der Waals surface area contributed by atoms with Gasteiger partial charge in [0.15, 0.2) is 0 Å². The Kier molecular flexibility index (Phi) is 3.56. The third-order valence-electron chi connectivity index (χ3n) is 1.26. The van der Waals surface area contributed by atoms with Crippen LogP contribution in [0.2, 0.25) is 0 Å². The number of hydrogen-bond acceptors (Lipinski definition) is 3. The van der Waals surface area contributed by atoms with Gasteiger partial charge in [-0.15, -0.1) is 0 Å². The third-order valence-corrected chi connectivity index (χ3v) is 1.26. The summed E-state index contributed by atoms with van der Waals surface area (Å²) in [4.78, 5) is 10.8. The normalized spacial score (nSPS) is 10.2. The van der Waals surface area contributed by atoms with Crippen molar-refractivity contribution in [2.75, 3.05) is 6.54 Å². The number of amides is 2. The number of furan rings is 1. The molecule has 0 aliphatic rings. The van der Waals surface area contributed by atoms with Crippen molar-refractivity contribution >= 4 is 12.2 Å². The van der Waals surface area contributed by atoms with Gasteiger partial charge in [0.05, 0.1) is 18.7 Å². The standard InChI is InChI=1S/C8H11N3O2/c1-2-9-8(12)11-10-5-7-3-4-13-6-7/h3-6H,2H2,1H3,(H2,9,11,12)/b10-5+. The molecular formula is C8H11N3O2. The van der Waals surface area contributed by atoms with E-state index in [1.807, 2.05) is 6.92 Å². The summed E-state index contributed by atoms with van der Waals surface area (Å²) in [5, 5.41) is 6.22. The van der Waals surface area contributed by atoms with E-state index >= 15 is 0 Å². The van der Waals surface area contributed by atoms with E-state index in [0.29, 0.717) is 6.54 Å². The van der Waals surface area contributed by atoms with Crippen LogP contribution < -0.4 is 10.7 Å². The Balaban J connectivity index is 2.30. The van der Waals surface area contributed by atoms with Gasteiger partial charge in [-0.2, -0.15) is 5.10 Å². The predicted octanol–water partition coefficient (Wildman–Crippen LogP) is 0.933. The Hall–Kier alpha value is -1.78. The van der Waals surface area contributed by atoms with E-state index in [4.69, 9.17) is 4.42 Å². The van der Waals surface area contributed by atoms with Crippen LogP contribution in [-0.4, -0.2) is 18.8 Å². The van der Waals surface area contributed by atoms with Gasteiger partial charge in [-0.25, -0.2) is 10.2 Å². The van der Waals surface area contributed by atoms with Crippen LogP contribution in [0.25, 0.3) is 0 Å². The fraction of sp³-hybridized carbons (Fsp3) is 0.250. The van der Waals surface area contributed by atoms with Crippen molar-refractivity contribution in [1.82, 2.24) is 10.7 Å². The second-order valence-electron chi connectivity index (χ2n) is 2.29. The molecule has 5 nitrogen and oxygen atoms in total. The van der Waals surface area contributed by atoms with Gasteiger partial charge in [0.2, 0.25) is 0 Å². The summed E-state index contributed by atoms with van der Waals surface area (Å²) in [5.74, 6) is 0. The van der Waals surface area contributed by atoms with Crippen molar-refractivity contribution in [2.24, 2.45) is 5.10 Å². The molecule has 0 unspecified atom stereocenters. The zero-order valence-corrected chi connectivity index (χ0v) is 7.28. The number of hydrogen-bond donors (Lipinski definition) is 2. The molecule has 13 heavy (non-hydrogen) atoms. The molecule has 0 atom stereocenters. The Morgan fingerprint density at radius 3 is 3.23 bits per heavy atom. The van der Waals surface area contributed by atoms with Gasteiger partial charge >= 0.3 is 6.03 Å². The highest BCUT2D eigenvalue weighted by molar-refractivity contribution is 5.81. The number of carbonyl (C=O) groups is 1. The fourth-order valence-electron chi connectivity index (χ4n) is 0.714. The lowest BCUT2D eigenvalue weighted by molar-refractivity contribution is 0.242. The maximum atomic E-state index is 10.8. The first-order valence-electron chi connectivity index (χ1n) is 3.92. The first-order chi connectivity index (χ1) is 6.33. The monoisotopic (exact) mass is 181 g/mol. The molecule has 2 amide bonds. The highest BCUT2D eigenvalue weighted by atomic mass is 16.3. The average molecular weight is 181 g/mol. The second-order valence-corrected chi connectivity index (χ2v) is 2.29. The second kappa shape index (κ2) is 4.97. The van der Waals surface area contributed by atoms with Crippen molar-refractivity contribution in [3.05, 3.63) is 24.2 Å². The van der Waals surface area contributed by atoms with Crippen molar-refractivity contribution in [3.63, 3.8) is 0 Å². The number of nitrogens with one attached hydrogen (secondary N) is 2. The zero-order valence-electron chi connectivity index (χ0n) is 7.28. The molecule has 1 heterocycles. The van der Waals surface area contributed by atoms with E-state index in [9.17, 15) is 4.79 Å². The van der Waals surface area contributed by atoms with Gasteiger partial charge in [0, 0.05) is 12.1 Å².